The zero-order valence-electron chi connectivity index (χ0n) is 12.9. The Labute approximate surface area is 132 Å². The molecule has 0 aromatic carbocycles. The monoisotopic (exact) mass is 313 g/mol. The molecule has 0 aliphatic carbocycles. The first-order valence-corrected chi connectivity index (χ1v) is 7.58. The highest BCUT2D eigenvalue weighted by molar-refractivity contribution is 5.82. The van der Waals surface area contributed by atoms with Gasteiger partial charge in [0.25, 0.3) is 0 Å². The Morgan fingerprint density at radius 2 is 2.09 bits per heavy atom. The van der Waals surface area contributed by atoms with Crippen molar-refractivity contribution in [3.8, 4) is 0 Å². The molecule has 23 heavy (non-hydrogen) atoms. The molecule has 4 N–H and O–H groups in total. The molecule has 0 atom stereocenters. The van der Waals surface area contributed by atoms with Crippen LogP contribution in [0.15, 0.2) is 29.3 Å². The minimum Gasteiger partial charge on any atom is -0.382 e. The van der Waals surface area contributed by atoms with Gasteiger partial charge in [-0.2, -0.15) is 9.97 Å². The van der Waals surface area contributed by atoms with Crippen molar-refractivity contribution in [1.29, 1.82) is 0 Å². The van der Waals surface area contributed by atoms with Crippen LogP contribution in [0.3, 0.4) is 0 Å². The van der Waals surface area contributed by atoms with Gasteiger partial charge in [0.15, 0.2) is 11.5 Å². The molecular formula is C15H19N7O. The molecule has 0 unspecified atom stereocenters. The van der Waals surface area contributed by atoms with E-state index in [4.69, 9.17) is 5.73 Å². The van der Waals surface area contributed by atoms with Crippen molar-refractivity contribution >= 4 is 22.9 Å². The summed E-state index contributed by atoms with van der Waals surface area (Å²) >= 11 is 0. The van der Waals surface area contributed by atoms with Gasteiger partial charge in [0, 0.05) is 18.9 Å². The van der Waals surface area contributed by atoms with E-state index in [-0.39, 0.29) is 11.5 Å². The molecule has 0 fully saturated rings. The number of H-pyrrole nitrogens is 1. The first-order valence-electron chi connectivity index (χ1n) is 7.58. The second-order valence-corrected chi connectivity index (χ2v) is 5.28. The third kappa shape index (κ3) is 3.15. The largest absolute Gasteiger partial charge is 0.382 e. The zero-order chi connectivity index (χ0) is 16.2. The fourth-order valence-electron chi connectivity index (χ4n) is 2.33. The Morgan fingerprint density at radius 3 is 2.83 bits per heavy atom. The van der Waals surface area contributed by atoms with Gasteiger partial charge in [0.05, 0.1) is 6.54 Å². The number of pyridine rings is 1. The van der Waals surface area contributed by atoms with E-state index in [2.05, 4.69) is 32.2 Å². The van der Waals surface area contributed by atoms with Crippen LogP contribution in [0.25, 0.3) is 11.2 Å². The summed E-state index contributed by atoms with van der Waals surface area (Å²) in [5.74, 6) is 0.700. The van der Waals surface area contributed by atoms with Crippen LogP contribution in [-0.4, -0.2) is 31.0 Å². The lowest BCUT2D eigenvalue weighted by Gasteiger charge is -2.07. The molecule has 0 bridgehead atoms. The molecule has 0 aliphatic rings. The molecule has 3 rings (SSSR count). The van der Waals surface area contributed by atoms with E-state index in [1.807, 2.05) is 12.1 Å². The molecule has 0 aliphatic heterocycles. The van der Waals surface area contributed by atoms with Crippen molar-refractivity contribution in [3.05, 3.63) is 40.6 Å². The Balaban J connectivity index is 2.00. The van der Waals surface area contributed by atoms with Crippen LogP contribution in [0.2, 0.25) is 0 Å². The van der Waals surface area contributed by atoms with E-state index in [1.165, 1.54) is 0 Å². The van der Waals surface area contributed by atoms with E-state index in [1.54, 1.807) is 17.0 Å². The van der Waals surface area contributed by atoms with Gasteiger partial charge in [-0.25, -0.2) is 4.79 Å². The van der Waals surface area contributed by atoms with Crippen molar-refractivity contribution in [3.63, 3.8) is 0 Å². The lowest BCUT2D eigenvalue weighted by molar-refractivity contribution is 0.775. The Hall–Kier alpha value is -2.90. The molecule has 0 radical (unpaired) electrons. The Bertz CT molecular complexity index is 853. The number of hydrogen-bond donors (Lipinski definition) is 3. The van der Waals surface area contributed by atoms with Crippen molar-refractivity contribution in [1.82, 2.24) is 24.5 Å². The normalized spacial score (nSPS) is 11.0. The van der Waals surface area contributed by atoms with Gasteiger partial charge in [-0.15, -0.1) is 0 Å². The van der Waals surface area contributed by atoms with Crippen LogP contribution < -0.4 is 16.7 Å². The molecule has 0 spiro atoms. The minimum absolute atomic E-state index is 0.261. The van der Waals surface area contributed by atoms with Crippen LogP contribution in [-0.2, 0) is 6.54 Å². The summed E-state index contributed by atoms with van der Waals surface area (Å²) in [5.41, 5.74) is 7.61. The van der Waals surface area contributed by atoms with Crippen LogP contribution in [0.1, 0.15) is 25.3 Å². The fourth-order valence-corrected chi connectivity index (χ4v) is 2.33. The molecule has 3 heterocycles. The SMILES string of the molecule is CCCCNc1nc(N)c2[nH]c(=O)n(Cc3ccncc3)c2n1. The van der Waals surface area contributed by atoms with Crippen molar-refractivity contribution < 1.29 is 0 Å². The van der Waals surface area contributed by atoms with Gasteiger partial charge in [-0.3, -0.25) is 9.55 Å². The van der Waals surface area contributed by atoms with Crippen LogP contribution >= 0.6 is 0 Å². The van der Waals surface area contributed by atoms with E-state index in [0.29, 0.717) is 23.7 Å². The van der Waals surface area contributed by atoms with Gasteiger partial charge in [0.2, 0.25) is 5.95 Å². The molecule has 0 amide bonds. The summed E-state index contributed by atoms with van der Waals surface area (Å²) in [6, 6.07) is 3.71. The number of rotatable bonds is 6. The number of nitrogens with one attached hydrogen (secondary N) is 2. The van der Waals surface area contributed by atoms with Crippen molar-refractivity contribution in [2.24, 2.45) is 0 Å². The highest BCUT2D eigenvalue weighted by Gasteiger charge is 2.14. The second kappa shape index (κ2) is 6.47. The second-order valence-electron chi connectivity index (χ2n) is 5.28. The highest BCUT2D eigenvalue weighted by atomic mass is 16.1. The third-order valence-corrected chi connectivity index (χ3v) is 3.55. The average Bonchev–Trinajstić information content (AvgIpc) is 2.86. The number of fused-ring (bicyclic) bond motifs is 1. The molecule has 3 aromatic heterocycles. The number of unbranched alkanes of at least 4 members (excludes halogenated alkanes) is 1. The lowest BCUT2D eigenvalue weighted by Crippen LogP contribution is -2.18. The first kappa shape index (κ1) is 15.0. The topological polar surface area (TPSA) is 115 Å². The van der Waals surface area contributed by atoms with E-state index >= 15 is 0 Å². The number of nitrogens with zero attached hydrogens (tertiary/aromatic N) is 4. The summed E-state index contributed by atoms with van der Waals surface area (Å²) in [6.07, 6.45) is 5.46. The minimum atomic E-state index is -0.261. The Kier molecular flexibility index (Phi) is 4.22. The summed E-state index contributed by atoms with van der Waals surface area (Å²) in [4.78, 5) is 27.6. The summed E-state index contributed by atoms with van der Waals surface area (Å²) in [5, 5.41) is 3.14. The molecular weight excluding hydrogens is 294 g/mol. The predicted octanol–water partition coefficient (Wildman–Crippen LogP) is 1.36. The maximum absolute atomic E-state index is 12.2. The van der Waals surface area contributed by atoms with E-state index in [9.17, 15) is 4.79 Å². The fraction of sp³-hybridized carbons (Fsp3) is 0.333. The average molecular weight is 313 g/mol. The van der Waals surface area contributed by atoms with Crippen molar-refractivity contribution in [2.75, 3.05) is 17.6 Å². The Morgan fingerprint density at radius 1 is 1.30 bits per heavy atom. The number of aromatic nitrogens is 5. The van der Waals surface area contributed by atoms with Gasteiger partial charge < -0.3 is 16.0 Å². The molecule has 0 saturated heterocycles. The smallest absolute Gasteiger partial charge is 0.328 e. The first-order chi connectivity index (χ1) is 11.2. The maximum Gasteiger partial charge on any atom is 0.328 e. The van der Waals surface area contributed by atoms with Gasteiger partial charge in [-0.05, 0) is 24.1 Å². The quantitative estimate of drug-likeness (QED) is 0.592. The van der Waals surface area contributed by atoms with Crippen LogP contribution in [0.4, 0.5) is 11.8 Å². The number of aromatic amines is 1. The zero-order valence-corrected chi connectivity index (χ0v) is 12.9. The number of hydrogen-bond acceptors (Lipinski definition) is 6. The van der Waals surface area contributed by atoms with Crippen LogP contribution in [0, 0.1) is 0 Å². The third-order valence-electron chi connectivity index (χ3n) is 3.55. The molecule has 120 valence electrons. The molecule has 0 saturated carbocycles. The number of nitrogen functional groups attached to an aromatic ring is 1. The van der Waals surface area contributed by atoms with Gasteiger partial charge in [-0.1, -0.05) is 13.3 Å². The standard InChI is InChI=1S/C15H19N7O/c1-2-3-6-18-14-20-12(16)11-13(21-14)22(15(23)19-11)9-10-4-7-17-8-5-10/h4-5,7-8H,2-3,6,9H2,1H3,(H,19,23)(H3,16,18,20,21). The van der Waals surface area contributed by atoms with Crippen LogP contribution in [0.5, 0.6) is 0 Å². The molecule has 3 aromatic rings. The number of imidazole rings is 1. The molecule has 8 heteroatoms. The predicted molar refractivity (Wildman–Crippen MR) is 89.3 cm³/mol. The maximum atomic E-state index is 12.2. The van der Waals surface area contributed by atoms with Gasteiger partial charge >= 0.3 is 5.69 Å². The van der Waals surface area contributed by atoms with Crippen molar-refractivity contribution in [2.45, 2.75) is 26.3 Å². The summed E-state index contributed by atoms with van der Waals surface area (Å²) < 4.78 is 1.55. The van der Waals surface area contributed by atoms with Gasteiger partial charge in [0.1, 0.15) is 5.52 Å². The lowest BCUT2D eigenvalue weighted by atomic mass is 10.3. The number of anilines is 2. The van der Waals surface area contributed by atoms with E-state index in [0.717, 1.165) is 24.9 Å². The summed E-state index contributed by atoms with van der Waals surface area (Å²) in [6.45, 7) is 3.27. The highest BCUT2D eigenvalue weighted by Crippen LogP contribution is 2.17. The number of nitrogens with two attached hydrogens (primary N) is 1. The van der Waals surface area contributed by atoms with E-state index < -0.39 is 0 Å². The summed E-state index contributed by atoms with van der Waals surface area (Å²) in [7, 11) is 0. The molecule has 8 nitrogen and oxygen atoms in total.